The normalized spacial score (nSPS) is 10.1. The van der Waals surface area contributed by atoms with Crippen molar-refractivity contribution in [3.8, 4) is 0 Å². The van der Waals surface area contributed by atoms with Gasteiger partial charge in [-0.1, -0.05) is 11.6 Å². The number of nitrogens with one attached hydrogen (secondary N) is 2. The third kappa shape index (κ3) is 3.21. The molecule has 0 bridgehead atoms. The second-order valence-corrected chi connectivity index (χ2v) is 4.85. The molecule has 0 saturated heterocycles. The molecule has 2 rings (SSSR count). The number of amides is 1. The number of pyridine rings is 2. The molecule has 0 spiro atoms. The Hall–Kier alpha value is -1.66. The van der Waals surface area contributed by atoms with Crippen LogP contribution < -0.4 is 10.6 Å². The molecule has 5 nitrogen and oxygen atoms in total. The molecule has 0 fully saturated rings. The highest BCUT2D eigenvalue weighted by atomic mass is 79.9. The Kier molecular flexibility index (Phi) is 4.34. The second kappa shape index (κ2) is 5.99. The third-order valence-electron chi connectivity index (χ3n) is 2.35. The van der Waals surface area contributed by atoms with Crippen LogP contribution in [0, 0.1) is 0 Å². The van der Waals surface area contributed by atoms with Gasteiger partial charge >= 0.3 is 0 Å². The number of hydrogen-bond acceptors (Lipinski definition) is 4. The summed E-state index contributed by atoms with van der Waals surface area (Å²) in [4.78, 5) is 20.2. The Balaban J connectivity index is 2.28. The minimum absolute atomic E-state index is 0.281. The predicted molar refractivity (Wildman–Crippen MR) is 78.7 cm³/mol. The molecule has 0 atom stereocenters. The van der Waals surface area contributed by atoms with Crippen molar-refractivity contribution in [1.82, 2.24) is 9.97 Å². The quantitative estimate of drug-likeness (QED) is 0.900. The summed E-state index contributed by atoms with van der Waals surface area (Å²) in [5.41, 5.74) is 0.332. The Bertz CT molecular complexity index is 620. The van der Waals surface area contributed by atoms with Crippen molar-refractivity contribution in [3.05, 3.63) is 45.7 Å². The van der Waals surface area contributed by atoms with Crippen LogP contribution >= 0.6 is 27.5 Å². The minimum Gasteiger partial charge on any atom is -0.373 e. The van der Waals surface area contributed by atoms with Gasteiger partial charge in [0.2, 0.25) is 0 Å². The number of rotatable bonds is 3. The number of nitrogens with zero attached hydrogens (tertiary/aromatic N) is 2. The van der Waals surface area contributed by atoms with Crippen molar-refractivity contribution in [1.29, 1.82) is 0 Å². The Morgan fingerprint density at radius 1 is 1.42 bits per heavy atom. The summed E-state index contributed by atoms with van der Waals surface area (Å²) in [5.74, 6) is 0.657. The number of anilines is 2. The highest BCUT2D eigenvalue weighted by Gasteiger charge is 2.13. The van der Waals surface area contributed by atoms with Gasteiger partial charge < -0.3 is 10.6 Å². The third-order valence-corrected chi connectivity index (χ3v) is 3.29. The number of carbonyl (C=O) groups excluding carboxylic acids is 1. The molecule has 2 heterocycles. The standard InChI is InChI=1S/C12H10BrClN4O/c1-15-10-5-7(9(14)6-17-10)12(19)18-11-8(13)3-2-4-16-11/h2-6H,1H3,(H,15,17)(H,16,18,19). The van der Waals surface area contributed by atoms with E-state index in [1.54, 1.807) is 31.4 Å². The fraction of sp³-hybridized carbons (Fsp3) is 0.0833. The molecular formula is C12H10BrClN4O. The molecule has 0 aromatic carbocycles. The van der Waals surface area contributed by atoms with Crippen molar-refractivity contribution in [2.75, 3.05) is 17.7 Å². The lowest BCUT2D eigenvalue weighted by molar-refractivity contribution is 0.102. The van der Waals surface area contributed by atoms with Crippen LogP contribution in [0.4, 0.5) is 11.6 Å². The maximum atomic E-state index is 12.1. The van der Waals surface area contributed by atoms with Gasteiger partial charge in [0.15, 0.2) is 0 Å². The van der Waals surface area contributed by atoms with Gasteiger partial charge in [-0.05, 0) is 34.1 Å². The first-order valence-electron chi connectivity index (χ1n) is 5.37. The van der Waals surface area contributed by atoms with E-state index < -0.39 is 0 Å². The van der Waals surface area contributed by atoms with E-state index in [4.69, 9.17) is 11.6 Å². The Morgan fingerprint density at radius 3 is 2.89 bits per heavy atom. The van der Waals surface area contributed by atoms with Crippen LogP contribution in [0.1, 0.15) is 10.4 Å². The summed E-state index contributed by atoms with van der Waals surface area (Å²) < 4.78 is 0.697. The first kappa shape index (κ1) is 13.8. The number of halogens is 2. The van der Waals surface area contributed by atoms with E-state index in [0.29, 0.717) is 21.7 Å². The second-order valence-electron chi connectivity index (χ2n) is 3.59. The molecule has 0 aliphatic rings. The molecule has 2 aromatic heterocycles. The molecule has 98 valence electrons. The van der Waals surface area contributed by atoms with E-state index in [9.17, 15) is 4.79 Å². The lowest BCUT2D eigenvalue weighted by atomic mass is 10.2. The lowest BCUT2D eigenvalue weighted by Crippen LogP contribution is -2.14. The molecular weight excluding hydrogens is 332 g/mol. The molecule has 1 amide bonds. The van der Waals surface area contributed by atoms with Crippen molar-refractivity contribution in [2.45, 2.75) is 0 Å². The summed E-state index contributed by atoms with van der Waals surface area (Å²) in [6, 6.07) is 5.13. The summed E-state index contributed by atoms with van der Waals surface area (Å²) in [5, 5.41) is 5.81. The Labute approximate surface area is 123 Å². The molecule has 2 N–H and O–H groups in total. The van der Waals surface area contributed by atoms with Crippen LogP contribution in [0.2, 0.25) is 5.02 Å². The van der Waals surface area contributed by atoms with E-state index in [-0.39, 0.29) is 10.9 Å². The zero-order valence-corrected chi connectivity index (χ0v) is 12.3. The van der Waals surface area contributed by atoms with Gasteiger partial charge in [-0.2, -0.15) is 0 Å². The SMILES string of the molecule is CNc1cc(C(=O)Nc2ncccc2Br)c(Cl)cn1. The fourth-order valence-corrected chi connectivity index (χ4v) is 1.95. The molecule has 2 aromatic rings. The number of carbonyl (C=O) groups is 1. The summed E-state index contributed by atoms with van der Waals surface area (Å²) >= 11 is 9.28. The highest BCUT2D eigenvalue weighted by Crippen LogP contribution is 2.22. The van der Waals surface area contributed by atoms with Crippen molar-refractivity contribution >= 4 is 45.1 Å². The van der Waals surface area contributed by atoms with Crippen molar-refractivity contribution < 1.29 is 4.79 Å². The van der Waals surface area contributed by atoms with Gasteiger partial charge in [-0.3, -0.25) is 4.79 Å². The zero-order chi connectivity index (χ0) is 13.8. The van der Waals surface area contributed by atoms with Crippen LogP contribution in [0.5, 0.6) is 0 Å². The molecule has 0 aliphatic carbocycles. The van der Waals surface area contributed by atoms with Crippen molar-refractivity contribution in [3.63, 3.8) is 0 Å². The molecule has 0 radical (unpaired) electrons. The number of hydrogen-bond donors (Lipinski definition) is 2. The van der Waals surface area contributed by atoms with Crippen LogP contribution in [-0.2, 0) is 0 Å². The van der Waals surface area contributed by atoms with E-state index in [1.165, 1.54) is 6.20 Å². The average Bonchev–Trinajstić information content (AvgIpc) is 2.42. The van der Waals surface area contributed by atoms with Gasteiger partial charge in [-0.15, -0.1) is 0 Å². The molecule has 0 saturated carbocycles. The maximum Gasteiger partial charge on any atom is 0.258 e. The van der Waals surface area contributed by atoms with Crippen LogP contribution in [0.25, 0.3) is 0 Å². The summed E-state index contributed by atoms with van der Waals surface area (Å²) in [7, 11) is 1.72. The summed E-state index contributed by atoms with van der Waals surface area (Å²) in [6.45, 7) is 0. The highest BCUT2D eigenvalue weighted by molar-refractivity contribution is 9.10. The van der Waals surface area contributed by atoms with E-state index >= 15 is 0 Å². The first-order chi connectivity index (χ1) is 9.11. The number of aromatic nitrogens is 2. The fourth-order valence-electron chi connectivity index (χ4n) is 1.40. The summed E-state index contributed by atoms with van der Waals surface area (Å²) in [6.07, 6.45) is 3.02. The monoisotopic (exact) mass is 340 g/mol. The topological polar surface area (TPSA) is 66.9 Å². The smallest absolute Gasteiger partial charge is 0.258 e. The first-order valence-corrected chi connectivity index (χ1v) is 6.54. The maximum absolute atomic E-state index is 12.1. The molecule has 7 heteroatoms. The van der Waals surface area contributed by atoms with Crippen LogP contribution in [0.15, 0.2) is 35.1 Å². The van der Waals surface area contributed by atoms with Gasteiger partial charge in [-0.25, -0.2) is 9.97 Å². The lowest BCUT2D eigenvalue weighted by Gasteiger charge is -2.08. The molecule has 0 aliphatic heterocycles. The molecule has 0 unspecified atom stereocenters. The largest absolute Gasteiger partial charge is 0.373 e. The molecule has 19 heavy (non-hydrogen) atoms. The average molecular weight is 342 g/mol. The van der Waals surface area contributed by atoms with Crippen LogP contribution in [0.3, 0.4) is 0 Å². The van der Waals surface area contributed by atoms with Gasteiger partial charge in [0.05, 0.1) is 15.1 Å². The van der Waals surface area contributed by atoms with E-state index in [1.807, 2.05) is 0 Å². The predicted octanol–water partition coefficient (Wildman–Crippen LogP) is 3.19. The zero-order valence-electron chi connectivity index (χ0n) is 9.95. The minimum atomic E-state index is -0.344. The Morgan fingerprint density at radius 2 is 2.21 bits per heavy atom. The van der Waals surface area contributed by atoms with Crippen LogP contribution in [-0.4, -0.2) is 22.9 Å². The van der Waals surface area contributed by atoms with E-state index in [2.05, 4.69) is 36.5 Å². The van der Waals surface area contributed by atoms with E-state index in [0.717, 1.165) is 0 Å². The van der Waals surface area contributed by atoms with Crippen molar-refractivity contribution in [2.24, 2.45) is 0 Å². The van der Waals surface area contributed by atoms with Gasteiger partial charge in [0, 0.05) is 19.4 Å². The van der Waals surface area contributed by atoms with Gasteiger partial charge in [0.1, 0.15) is 11.6 Å². The van der Waals surface area contributed by atoms with Gasteiger partial charge in [0.25, 0.3) is 5.91 Å².